The van der Waals surface area contributed by atoms with Crippen LogP contribution in [0, 0.1) is 6.92 Å². The topological polar surface area (TPSA) is 83.7 Å². The Morgan fingerprint density at radius 1 is 1.00 bits per heavy atom. The number of aromatic nitrogens is 1. The van der Waals surface area contributed by atoms with Crippen molar-refractivity contribution in [1.29, 1.82) is 0 Å². The minimum absolute atomic E-state index is 0.146. The van der Waals surface area contributed by atoms with Crippen LogP contribution in [0.3, 0.4) is 0 Å². The highest BCUT2D eigenvalue weighted by atomic mass is 16.5. The zero-order valence-electron chi connectivity index (χ0n) is 16.6. The van der Waals surface area contributed by atoms with Gasteiger partial charge in [-0.2, -0.15) is 0 Å². The van der Waals surface area contributed by atoms with Crippen LogP contribution in [0.25, 0.3) is 0 Å². The highest BCUT2D eigenvalue weighted by molar-refractivity contribution is 6.21. The van der Waals surface area contributed by atoms with Crippen molar-refractivity contribution >= 4 is 17.7 Å². The largest absolute Gasteiger partial charge is 0.359 e. The van der Waals surface area contributed by atoms with Gasteiger partial charge in [0, 0.05) is 24.7 Å². The molecule has 152 valence electrons. The first-order chi connectivity index (χ1) is 14.5. The SMILES string of the molecule is Cc1cc(CN(CCCN2C(=O)c3ccccc3C2=O)C(=O)c2ccccc2)on1. The molecule has 2 aromatic carbocycles. The summed E-state index contributed by atoms with van der Waals surface area (Å²) in [6.07, 6.45) is 0.456. The number of amides is 3. The first-order valence-corrected chi connectivity index (χ1v) is 9.76. The molecule has 0 spiro atoms. The Balaban J connectivity index is 1.45. The van der Waals surface area contributed by atoms with Gasteiger partial charge < -0.3 is 9.42 Å². The van der Waals surface area contributed by atoms with E-state index >= 15 is 0 Å². The van der Waals surface area contributed by atoms with Gasteiger partial charge in [0.25, 0.3) is 17.7 Å². The molecule has 0 radical (unpaired) electrons. The predicted molar refractivity (Wildman–Crippen MR) is 109 cm³/mol. The molecule has 0 fully saturated rings. The van der Waals surface area contributed by atoms with Crippen molar-refractivity contribution in [2.45, 2.75) is 19.9 Å². The molecule has 0 N–H and O–H groups in total. The summed E-state index contributed by atoms with van der Waals surface area (Å²) >= 11 is 0. The van der Waals surface area contributed by atoms with Gasteiger partial charge in [-0.25, -0.2) is 0 Å². The molecule has 30 heavy (non-hydrogen) atoms. The molecule has 0 bridgehead atoms. The Hall–Kier alpha value is -3.74. The minimum Gasteiger partial charge on any atom is -0.359 e. The Bertz CT molecular complexity index is 1060. The number of aryl methyl sites for hydroxylation is 1. The number of fused-ring (bicyclic) bond motifs is 1. The van der Waals surface area contributed by atoms with Gasteiger partial charge in [0.05, 0.1) is 23.4 Å². The second-order valence-corrected chi connectivity index (χ2v) is 7.19. The van der Waals surface area contributed by atoms with E-state index in [1.165, 1.54) is 4.90 Å². The van der Waals surface area contributed by atoms with Crippen molar-refractivity contribution in [2.75, 3.05) is 13.1 Å². The monoisotopic (exact) mass is 403 g/mol. The van der Waals surface area contributed by atoms with Crippen LogP contribution >= 0.6 is 0 Å². The number of benzene rings is 2. The molecular formula is C23H21N3O4. The molecule has 0 saturated heterocycles. The number of carbonyl (C=O) groups excluding carboxylic acids is 3. The van der Waals surface area contributed by atoms with E-state index in [0.717, 1.165) is 5.69 Å². The molecule has 1 aliphatic heterocycles. The highest BCUT2D eigenvalue weighted by Gasteiger charge is 2.34. The summed E-state index contributed by atoms with van der Waals surface area (Å²) in [5.41, 5.74) is 2.16. The number of carbonyl (C=O) groups is 3. The van der Waals surface area contributed by atoms with Crippen molar-refractivity contribution in [3.05, 3.63) is 88.8 Å². The van der Waals surface area contributed by atoms with Gasteiger partial charge in [-0.15, -0.1) is 0 Å². The van der Waals surface area contributed by atoms with E-state index in [1.807, 2.05) is 25.1 Å². The van der Waals surface area contributed by atoms with E-state index < -0.39 is 0 Å². The second-order valence-electron chi connectivity index (χ2n) is 7.19. The maximum Gasteiger partial charge on any atom is 0.261 e. The van der Waals surface area contributed by atoms with Gasteiger partial charge in [-0.05, 0) is 37.6 Å². The fraction of sp³-hybridized carbons (Fsp3) is 0.217. The molecule has 2 heterocycles. The number of hydrogen-bond acceptors (Lipinski definition) is 5. The van der Waals surface area contributed by atoms with E-state index in [1.54, 1.807) is 47.4 Å². The van der Waals surface area contributed by atoms with E-state index in [4.69, 9.17) is 4.52 Å². The van der Waals surface area contributed by atoms with E-state index in [9.17, 15) is 14.4 Å². The van der Waals surface area contributed by atoms with Crippen molar-refractivity contribution in [3.8, 4) is 0 Å². The lowest BCUT2D eigenvalue weighted by Crippen LogP contribution is -2.36. The predicted octanol–water partition coefficient (Wildman–Crippen LogP) is 3.31. The van der Waals surface area contributed by atoms with Crippen LogP contribution in [-0.4, -0.2) is 45.8 Å². The summed E-state index contributed by atoms with van der Waals surface area (Å²) in [7, 11) is 0. The van der Waals surface area contributed by atoms with E-state index in [-0.39, 0.29) is 30.8 Å². The van der Waals surface area contributed by atoms with Crippen LogP contribution in [0.4, 0.5) is 0 Å². The molecular weight excluding hydrogens is 382 g/mol. The molecule has 0 unspecified atom stereocenters. The van der Waals surface area contributed by atoms with Crippen LogP contribution in [0.2, 0.25) is 0 Å². The van der Waals surface area contributed by atoms with Gasteiger partial charge in [0.1, 0.15) is 0 Å². The smallest absolute Gasteiger partial charge is 0.261 e. The highest BCUT2D eigenvalue weighted by Crippen LogP contribution is 2.22. The summed E-state index contributed by atoms with van der Waals surface area (Å²) in [5, 5.41) is 3.88. The third-order valence-electron chi connectivity index (χ3n) is 5.02. The normalized spacial score (nSPS) is 12.9. The Labute approximate surface area is 173 Å². The number of hydrogen-bond donors (Lipinski definition) is 0. The summed E-state index contributed by atoms with van der Waals surface area (Å²) in [5.74, 6) is -0.144. The number of rotatable bonds is 7. The summed E-state index contributed by atoms with van der Waals surface area (Å²) in [6, 6.07) is 17.6. The average Bonchev–Trinajstić information content (AvgIpc) is 3.29. The van der Waals surface area contributed by atoms with Crippen LogP contribution in [-0.2, 0) is 6.54 Å². The summed E-state index contributed by atoms with van der Waals surface area (Å²) in [6.45, 7) is 2.68. The van der Waals surface area contributed by atoms with Gasteiger partial charge in [0.2, 0.25) is 0 Å². The average molecular weight is 403 g/mol. The molecule has 3 aromatic rings. The minimum atomic E-state index is -0.289. The van der Waals surface area contributed by atoms with Crippen molar-refractivity contribution < 1.29 is 18.9 Å². The zero-order valence-corrected chi connectivity index (χ0v) is 16.6. The van der Waals surface area contributed by atoms with Gasteiger partial charge in [-0.3, -0.25) is 19.3 Å². The molecule has 0 aliphatic carbocycles. The van der Waals surface area contributed by atoms with Crippen molar-refractivity contribution in [1.82, 2.24) is 15.0 Å². The maximum absolute atomic E-state index is 13.0. The lowest BCUT2D eigenvalue weighted by Gasteiger charge is -2.23. The molecule has 1 aromatic heterocycles. The van der Waals surface area contributed by atoms with Crippen molar-refractivity contribution in [3.63, 3.8) is 0 Å². The standard InChI is InChI=1S/C23H21N3O4/c1-16-14-18(30-24-16)15-25(21(27)17-8-3-2-4-9-17)12-7-13-26-22(28)19-10-5-6-11-20(19)23(26)29/h2-6,8-11,14H,7,12-13,15H2,1H3. The third kappa shape index (κ3) is 3.87. The Morgan fingerprint density at radius 3 is 2.23 bits per heavy atom. The quantitative estimate of drug-likeness (QED) is 0.565. The number of imide groups is 1. The fourth-order valence-corrected chi connectivity index (χ4v) is 3.56. The van der Waals surface area contributed by atoms with Gasteiger partial charge in [-0.1, -0.05) is 35.5 Å². The lowest BCUT2D eigenvalue weighted by molar-refractivity contribution is 0.0637. The fourth-order valence-electron chi connectivity index (χ4n) is 3.56. The molecule has 4 rings (SSSR count). The van der Waals surface area contributed by atoms with Crippen LogP contribution < -0.4 is 0 Å². The van der Waals surface area contributed by atoms with E-state index in [0.29, 0.717) is 35.4 Å². The molecule has 0 atom stereocenters. The molecule has 3 amide bonds. The first kappa shape index (κ1) is 19.6. The second kappa shape index (κ2) is 8.32. The number of nitrogens with zero attached hydrogens (tertiary/aromatic N) is 3. The van der Waals surface area contributed by atoms with Crippen LogP contribution in [0.5, 0.6) is 0 Å². The first-order valence-electron chi connectivity index (χ1n) is 9.76. The van der Waals surface area contributed by atoms with Gasteiger partial charge in [0.15, 0.2) is 5.76 Å². The Morgan fingerprint density at radius 2 is 1.63 bits per heavy atom. The lowest BCUT2D eigenvalue weighted by atomic mass is 10.1. The molecule has 7 heteroatoms. The van der Waals surface area contributed by atoms with Crippen molar-refractivity contribution in [2.24, 2.45) is 0 Å². The van der Waals surface area contributed by atoms with Crippen LogP contribution in [0.15, 0.2) is 65.2 Å². The maximum atomic E-state index is 13.0. The molecule has 0 saturated carbocycles. The zero-order chi connectivity index (χ0) is 21.1. The molecule has 1 aliphatic rings. The summed E-state index contributed by atoms with van der Waals surface area (Å²) in [4.78, 5) is 41.0. The van der Waals surface area contributed by atoms with Crippen LogP contribution in [0.1, 0.15) is 48.9 Å². The summed E-state index contributed by atoms with van der Waals surface area (Å²) < 4.78 is 5.27. The van der Waals surface area contributed by atoms with Gasteiger partial charge >= 0.3 is 0 Å². The Kier molecular flexibility index (Phi) is 5.43. The van der Waals surface area contributed by atoms with E-state index in [2.05, 4.69) is 5.16 Å². The molecule has 7 nitrogen and oxygen atoms in total. The third-order valence-corrected chi connectivity index (χ3v) is 5.02.